The van der Waals surface area contributed by atoms with Crippen LogP contribution in [0.5, 0.6) is 0 Å². The molecular weight excluding hydrogens is 340 g/mol. The molecule has 1 N–H and O–H groups in total. The number of nitrogens with one attached hydrogen (secondary N) is 1. The molecule has 1 aromatic carbocycles. The number of rotatable bonds is 3. The van der Waals surface area contributed by atoms with E-state index in [0.717, 1.165) is 11.3 Å². The summed E-state index contributed by atoms with van der Waals surface area (Å²) in [5.74, 6) is 0.0204. The van der Waals surface area contributed by atoms with Gasteiger partial charge in [0.25, 0.3) is 5.91 Å². The third-order valence-corrected chi connectivity index (χ3v) is 4.42. The van der Waals surface area contributed by atoms with Gasteiger partial charge in [-0.3, -0.25) is 10.1 Å². The monoisotopic (exact) mass is 360 g/mol. The molecule has 6 nitrogen and oxygen atoms in total. The number of nitrogens with zero attached hydrogens (tertiary/aromatic N) is 3. The van der Waals surface area contributed by atoms with E-state index in [-0.39, 0.29) is 17.3 Å². The molecule has 136 valence electrons. The van der Waals surface area contributed by atoms with Gasteiger partial charge in [-0.15, -0.1) is 5.10 Å². The quantitative estimate of drug-likeness (QED) is 0.582. The van der Waals surface area contributed by atoms with Gasteiger partial charge < -0.3 is 4.42 Å². The van der Waals surface area contributed by atoms with Crippen LogP contribution in [-0.2, 0) is 5.41 Å². The largest absolute Gasteiger partial charge is 0.472 e. The molecule has 0 saturated carbocycles. The average molecular weight is 360 g/mol. The van der Waals surface area contributed by atoms with E-state index in [0.29, 0.717) is 11.2 Å². The summed E-state index contributed by atoms with van der Waals surface area (Å²) >= 11 is 0. The van der Waals surface area contributed by atoms with Gasteiger partial charge in [-0.05, 0) is 41.3 Å². The average Bonchev–Trinajstić information content (AvgIpc) is 3.30. The lowest BCUT2D eigenvalue weighted by Gasteiger charge is -2.18. The van der Waals surface area contributed by atoms with Crippen LogP contribution in [0.25, 0.3) is 16.9 Å². The third-order valence-electron chi connectivity index (χ3n) is 4.42. The number of anilines is 1. The Balaban J connectivity index is 1.60. The fraction of sp³-hybridized carbons (Fsp3) is 0.190. The van der Waals surface area contributed by atoms with Crippen LogP contribution in [0.4, 0.5) is 5.95 Å². The molecule has 0 aliphatic heterocycles. The van der Waals surface area contributed by atoms with Crippen LogP contribution in [0.1, 0.15) is 36.7 Å². The van der Waals surface area contributed by atoms with E-state index in [1.54, 1.807) is 17.0 Å². The summed E-state index contributed by atoms with van der Waals surface area (Å²) in [5, 5.41) is 7.20. The minimum absolute atomic E-state index is 0.0433. The van der Waals surface area contributed by atoms with Gasteiger partial charge in [0.15, 0.2) is 5.65 Å². The molecule has 4 aromatic rings. The lowest BCUT2D eigenvalue weighted by molar-refractivity contribution is 0.102. The molecule has 3 aromatic heterocycles. The van der Waals surface area contributed by atoms with E-state index in [1.165, 1.54) is 5.56 Å². The van der Waals surface area contributed by atoms with Crippen molar-refractivity contribution in [2.75, 3.05) is 5.32 Å². The molecule has 3 heterocycles. The topological polar surface area (TPSA) is 72.4 Å². The summed E-state index contributed by atoms with van der Waals surface area (Å²) in [6, 6.07) is 15.1. The number of hydrogen-bond acceptors (Lipinski definition) is 4. The van der Waals surface area contributed by atoms with Crippen LogP contribution in [0.3, 0.4) is 0 Å². The van der Waals surface area contributed by atoms with Crippen molar-refractivity contribution in [1.29, 1.82) is 0 Å². The van der Waals surface area contributed by atoms with Gasteiger partial charge in [0.05, 0.1) is 18.2 Å². The van der Waals surface area contributed by atoms with E-state index in [4.69, 9.17) is 4.42 Å². The fourth-order valence-electron chi connectivity index (χ4n) is 2.88. The molecule has 0 saturated heterocycles. The molecule has 0 radical (unpaired) electrons. The number of carbonyl (C=O) groups is 1. The summed E-state index contributed by atoms with van der Waals surface area (Å²) in [4.78, 5) is 16.9. The number of amides is 1. The number of benzene rings is 1. The zero-order chi connectivity index (χ0) is 19.0. The minimum atomic E-state index is -0.240. The molecular formula is C21H20N4O2. The Labute approximate surface area is 156 Å². The lowest BCUT2D eigenvalue weighted by Crippen LogP contribution is -2.15. The molecule has 0 unspecified atom stereocenters. The van der Waals surface area contributed by atoms with Crippen molar-refractivity contribution in [1.82, 2.24) is 14.6 Å². The van der Waals surface area contributed by atoms with Gasteiger partial charge in [0, 0.05) is 11.1 Å². The van der Waals surface area contributed by atoms with Crippen LogP contribution in [0.2, 0.25) is 0 Å². The normalized spacial score (nSPS) is 11.7. The second-order valence-corrected chi connectivity index (χ2v) is 7.41. The van der Waals surface area contributed by atoms with Crippen LogP contribution in [0, 0.1) is 0 Å². The van der Waals surface area contributed by atoms with Crippen LogP contribution in [-0.4, -0.2) is 20.5 Å². The van der Waals surface area contributed by atoms with E-state index >= 15 is 0 Å². The molecule has 0 aliphatic carbocycles. The molecule has 0 bridgehead atoms. The number of aromatic nitrogens is 3. The van der Waals surface area contributed by atoms with E-state index in [2.05, 4.69) is 36.2 Å². The van der Waals surface area contributed by atoms with Gasteiger partial charge in [-0.25, -0.2) is 4.52 Å². The van der Waals surface area contributed by atoms with Gasteiger partial charge in [-0.1, -0.05) is 39.0 Å². The zero-order valence-electron chi connectivity index (χ0n) is 15.4. The molecule has 27 heavy (non-hydrogen) atoms. The highest BCUT2D eigenvalue weighted by Gasteiger charge is 2.16. The summed E-state index contributed by atoms with van der Waals surface area (Å²) in [6.45, 7) is 6.42. The van der Waals surface area contributed by atoms with Gasteiger partial charge >= 0.3 is 0 Å². The fourth-order valence-corrected chi connectivity index (χ4v) is 2.88. The predicted molar refractivity (Wildman–Crippen MR) is 104 cm³/mol. The van der Waals surface area contributed by atoms with E-state index < -0.39 is 0 Å². The first-order valence-electron chi connectivity index (χ1n) is 8.72. The first kappa shape index (κ1) is 17.0. The van der Waals surface area contributed by atoms with Crippen molar-refractivity contribution in [3.05, 3.63) is 72.2 Å². The number of fused-ring (bicyclic) bond motifs is 1. The van der Waals surface area contributed by atoms with Crippen molar-refractivity contribution in [2.24, 2.45) is 0 Å². The maximum atomic E-state index is 12.6. The number of furan rings is 1. The Bertz CT molecular complexity index is 1090. The standard InChI is InChI=1S/C21H20N4O2/c1-21(2,3)16-9-7-14(8-10-16)19(26)23-20-22-18-6-4-5-17(25(18)24-20)15-11-12-27-13-15/h4-13H,1-3H3,(H,23,24,26). The first-order valence-corrected chi connectivity index (χ1v) is 8.72. The summed E-state index contributed by atoms with van der Waals surface area (Å²) in [6.07, 6.45) is 3.25. The number of hydrogen-bond donors (Lipinski definition) is 1. The number of pyridine rings is 1. The van der Waals surface area contributed by atoms with Crippen LogP contribution < -0.4 is 5.32 Å². The SMILES string of the molecule is CC(C)(C)c1ccc(C(=O)Nc2nc3cccc(-c4ccoc4)n3n2)cc1. The Kier molecular flexibility index (Phi) is 4.03. The van der Waals surface area contributed by atoms with Crippen LogP contribution >= 0.6 is 0 Å². The second-order valence-electron chi connectivity index (χ2n) is 7.41. The lowest BCUT2D eigenvalue weighted by atomic mass is 9.87. The molecule has 1 amide bonds. The van der Waals surface area contributed by atoms with Crippen molar-refractivity contribution >= 4 is 17.5 Å². The van der Waals surface area contributed by atoms with Crippen molar-refractivity contribution < 1.29 is 9.21 Å². The predicted octanol–water partition coefficient (Wildman–Crippen LogP) is 4.54. The summed E-state index contributed by atoms with van der Waals surface area (Å²) < 4.78 is 6.83. The van der Waals surface area contributed by atoms with E-state index in [1.807, 2.05) is 48.5 Å². The molecule has 6 heteroatoms. The molecule has 4 rings (SSSR count). The Hall–Kier alpha value is -3.41. The first-order chi connectivity index (χ1) is 12.9. The van der Waals surface area contributed by atoms with Crippen molar-refractivity contribution in [2.45, 2.75) is 26.2 Å². The Morgan fingerprint density at radius 2 is 1.85 bits per heavy atom. The zero-order valence-corrected chi connectivity index (χ0v) is 15.4. The summed E-state index contributed by atoms with van der Waals surface area (Å²) in [5.41, 5.74) is 4.16. The van der Waals surface area contributed by atoms with E-state index in [9.17, 15) is 4.79 Å². The molecule has 0 atom stereocenters. The highest BCUT2D eigenvalue weighted by molar-refractivity contribution is 6.03. The van der Waals surface area contributed by atoms with Crippen molar-refractivity contribution in [3.8, 4) is 11.3 Å². The second kappa shape index (κ2) is 6.39. The Morgan fingerprint density at radius 3 is 2.52 bits per heavy atom. The third kappa shape index (κ3) is 3.33. The molecule has 0 spiro atoms. The highest BCUT2D eigenvalue weighted by Crippen LogP contribution is 2.23. The molecule has 0 fully saturated rings. The molecule has 0 aliphatic rings. The summed E-state index contributed by atoms with van der Waals surface area (Å²) in [7, 11) is 0. The Morgan fingerprint density at radius 1 is 1.07 bits per heavy atom. The van der Waals surface area contributed by atoms with Gasteiger partial charge in [0.2, 0.25) is 5.95 Å². The highest BCUT2D eigenvalue weighted by atomic mass is 16.3. The maximum Gasteiger partial charge on any atom is 0.258 e. The van der Waals surface area contributed by atoms with Gasteiger partial charge in [-0.2, -0.15) is 4.98 Å². The smallest absolute Gasteiger partial charge is 0.258 e. The van der Waals surface area contributed by atoms with Gasteiger partial charge in [0.1, 0.15) is 0 Å². The maximum absolute atomic E-state index is 12.6. The minimum Gasteiger partial charge on any atom is -0.472 e. The van der Waals surface area contributed by atoms with Crippen molar-refractivity contribution in [3.63, 3.8) is 0 Å². The number of carbonyl (C=O) groups excluding carboxylic acids is 1. The van der Waals surface area contributed by atoms with Crippen LogP contribution in [0.15, 0.2) is 65.5 Å².